The molecule has 0 aliphatic heterocycles. The van der Waals surface area contributed by atoms with Gasteiger partial charge in [0.2, 0.25) is 5.91 Å². The number of benzene rings is 1. The number of rotatable bonds is 4. The normalized spacial score (nSPS) is 11.6. The van der Waals surface area contributed by atoms with Gasteiger partial charge in [-0.05, 0) is 13.0 Å². The van der Waals surface area contributed by atoms with Gasteiger partial charge in [-0.2, -0.15) is 0 Å². The van der Waals surface area contributed by atoms with Crippen molar-refractivity contribution in [3.05, 3.63) is 39.7 Å². The number of nitrogens with one attached hydrogen (secondary N) is 1. The summed E-state index contributed by atoms with van der Waals surface area (Å²) in [5.41, 5.74) is -0.874. The molecule has 7 nitrogen and oxygen atoms in total. The molecule has 0 saturated carbocycles. The summed E-state index contributed by atoms with van der Waals surface area (Å²) in [4.78, 5) is 34.6. The Bertz CT molecular complexity index is 560. The lowest BCUT2D eigenvalue weighted by Crippen LogP contribution is -2.44. The van der Waals surface area contributed by atoms with Crippen LogP contribution in [0.5, 0.6) is 0 Å². The largest absolute Gasteiger partial charge is 0.347 e. The molecule has 0 spiro atoms. The van der Waals surface area contributed by atoms with E-state index in [1.54, 1.807) is 0 Å². The Labute approximate surface area is 114 Å². The monoisotopic (exact) mass is 283 g/mol. The molecule has 1 unspecified atom stereocenters. The molecule has 108 valence electrons. The number of nitro groups is 1. The van der Waals surface area contributed by atoms with Crippen LogP contribution in [0.15, 0.2) is 18.2 Å². The molecule has 0 aliphatic rings. The summed E-state index contributed by atoms with van der Waals surface area (Å²) in [7, 11) is 3.03. The Kier molecular flexibility index (Phi) is 4.73. The van der Waals surface area contributed by atoms with E-state index in [0.717, 1.165) is 18.2 Å². The molecular weight excluding hydrogens is 269 g/mol. The topological polar surface area (TPSA) is 92.5 Å². The minimum absolute atomic E-state index is 0.371. The van der Waals surface area contributed by atoms with E-state index in [0.29, 0.717) is 0 Å². The van der Waals surface area contributed by atoms with Crippen molar-refractivity contribution in [3.8, 4) is 0 Å². The van der Waals surface area contributed by atoms with Crippen LogP contribution in [0, 0.1) is 15.9 Å². The molecule has 8 heteroatoms. The first-order valence-electron chi connectivity index (χ1n) is 5.70. The first kappa shape index (κ1) is 15.5. The Morgan fingerprint density at radius 3 is 2.50 bits per heavy atom. The van der Waals surface area contributed by atoms with E-state index >= 15 is 0 Å². The van der Waals surface area contributed by atoms with Gasteiger partial charge in [0.15, 0.2) is 0 Å². The predicted octanol–water partition coefficient (Wildman–Crippen LogP) is 0.940. The van der Waals surface area contributed by atoms with Gasteiger partial charge in [-0.3, -0.25) is 19.7 Å². The highest BCUT2D eigenvalue weighted by atomic mass is 19.1. The number of hydrogen-bond acceptors (Lipinski definition) is 4. The van der Waals surface area contributed by atoms with Gasteiger partial charge in [0.25, 0.3) is 11.6 Å². The summed E-state index contributed by atoms with van der Waals surface area (Å²) in [6.07, 6.45) is 0. The smallest absolute Gasteiger partial charge is 0.270 e. The van der Waals surface area contributed by atoms with Gasteiger partial charge in [-0.1, -0.05) is 0 Å². The molecule has 0 bridgehead atoms. The molecule has 0 aliphatic carbocycles. The Balaban J connectivity index is 2.95. The number of carbonyl (C=O) groups excluding carboxylic acids is 2. The van der Waals surface area contributed by atoms with Crippen molar-refractivity contribution in [1.82, 2.24) is 10.2 Å². The fraction of sp³-hybridized carbons (Fsp3) is 0.333. The van der Waals surface area contributed by atoms with E-state index in [4.69, 9.17) is 0 Å². The number of carbonyl (C=O) groups is 2. The lowest BCUT2D eigenvalue weighted by Gasteiger charge is -2.18. The van der Waals surface area contributed by atoms with Crippen LogP contribution in [0.25, 0.3) is 0 Å². The summed E-state index contributed by atoms with van der Waals surface area (Å²) in [5, 5.41) is 12.9. The highest BCUT2D eigenvalue weighted by molar-refractivity contribution is 5.98. The second kappa shape index (κ2) is 6.09. The SMILES string of the molecule is CC(NC(=O)c1cc([N+](=O)[O-])ccc1F)C(=O)N(C)C. The van der Waals surface area contributed by atoms with Gasteiger partial charge in [-0.25, -0.2) is 4.39 Å². The zero-order valence-corrected chi connectivity index (χ0v) is 11.2. The van der Waals surface area contributed by atoms with Gasteiger partial charge in [0, 0.05) is 26.2 Å². The minimum Gasteiger partial charge on any atom is -0.347 e. The lowest BCUT2D eigenvalue weighted by molar-refractivity contribution is -0.384. The van der Waals surface area contributed by atoms with E-state index in [1.807, 2.05) is 0 Å². The Morgan fingerprint density at radius 2 is 2.00 bits per heavy atom. The van der Waals surface area contributed by atoms with E-state index in [-0.39, 0.29) is 5.91 Å². The quantitative estimate of drug-likeness (QED) is 0.657. The molecule has 0 aromatic heterocycles. The number of nitrogens with zero attached hydrogens (tertiary/aromatic N) is 2. The van der Waals surface area contributed by atoms with Gasteiger partial charge in [0.05, 0.1) is 10.5 Å². The van der Waals surface area contributed by atoms with E-state index < -0.39 is 33.9 Å². The Hall–Kier alpha value is -2.51. The Morgan fingerprint density at radius 1 is 1.40 bits per heavy atom. The van der Waals surface area contributed by atoms with Gasteiger partial charge >= 0.3 is 0 Å². The third-order valence-electron chi connectivity index (χ3n) is 2.56. The maximum absolute atomic E-state index is 13.5. The van der Waals surface area contributed by atoms with Crippen LogP contribution in [0.4, 0.5) is 10.1 Å². The van der Waals surface area contributed by atoms with Gasteiger partial charge < -0.3 is 10.2 Å². The first-order chi connectivity index (χ1) is 9.23. The molecule has 0 radical (unpaired) electrons. The third-order valence-corrected chi connectivity index (χ3v) is 2.56. The maximum Gasteiger partial charge on any atom is 0.270 e. The van der Waals surface area contributed by atoms with Crippen molar-refractivity contribution in [3.63, 3.8) is 0 Å². The first-order valence-corrected chi connectivity index (χ1v) is 5.70. The molecule has 1 N–H and O–H groups in total. The average molecular weight is 283 g/mol. The second-order valence-corrected chi connectivity index (χ2v) is 4.35. The summed E-state index contributed by atoms with van der Waals surface area (Å²) in [6.45, 7) is 1.44. The van der Waals surface area contributed by atoms with Crippen LogP contribution in [0.2, 0.25) is 0 Å². The highest BCUT2D eigenvalue weighted by Gasteiger charge is 2.21. The molecule has 2 amide bonds. The van der Waals surface area contributed by atoms with Crippen molar-refractivity contribution in [1.29, 1.82) is 0 Å². The number of hydrogen-bond donors (Lipinski definition) is 1. The molecule has 0 saturated heterocycles. The number of non-ortho nitro benzene ring substituents is 1. The highest BCUT2D eigenvalue weighted by Crippen LogP contribution is 2.16. The number of halogens is 1. The number of likely N-dealkylation sites (N-methyl/N-ethyl adjacent to an activating group) is 1. The standard InChI is InChI=1S/C12H14FN3O4/c1-7(12(18)15(2)3)14-11(17)9-6-8(16(19)20)4-5-10(9)13/h4-7H,1-3H3,(H,14,17). The average Bonchev–Trinajstić information content (AvgIpc) is 2.37. The summed E-state index contributed by atoms with van der Waals surface area (Å²) in [6, 6.07) is 1.76. The third kappa shape index (κ3) is 3.50. The summed E-state index contributed by atoms with van der Waals surface area (Å²) < 4.78 is 13.5. The molecule has 1 aromatic rings. The van der Waals surface area contributed by atoms with Crippen molar-refractivity contribution < 1.29 is 18.9 Å². The van der Waals surface area contributed by atoms with Crippen LogP contribution in [-0.4, -0.2) is 41.8 Å². The molecule has 20 heavy (non-hydrogen) atoms. The van der Waals surface area contributed by atoms with E-state index in [2.05, 4.69) is 5.32 Å². The zero-order chi connectivity index (χ0) is 15.4. The molecule has 0 heterocycles. The number of amides is 2. The van der Waals surface area contributed by atoms with Crippen LogP contribution in [0.3, 0.4) is 0 Å². The summed E-state index contributed by atoms with van der Waals surface area (Å²) in [5.74, 6) is -2.14. The van der Waals surface area contributed by atoms with E-state index in [1.165, 1.54) is 25.9 Å². The molecule has 1 aromatic carbocycles. The molecule has 1 rings (SSSR count). The minimum atomic E-state index is -0.891. The maximum atomic E-state index is 13.5. The van der Waals surface area contributed by atoms with Crippen LogP contribution in [-0.2, 0) is 4.79 Å². The number of nitro benzene ring substituents is 1. The van der Waals surface area contributed by atoms with Crippen molar-refractivity contribution in [2.75, 3.05) is 14.1 Å². The van der Waals surface area contributed by atoms with Gasteiger partial charge in [-0.15, -0.1) is 0 Å². The summed E-state index contributed by atoms with van der Waals surface area (Å²) >= 11 is 0. The predicted molar refractivity (Wildman–Crippen MR) is 68.7 cm³/mol. The van der Waals surface area contributed by atoms with Gasteiger partial charge in [0.1, 0.15) is 11.9 Å². The fourth-order valence-electron chi connectivity index (χ4n) is 1.52. The second-order valence-electron chi connectivity index (χ2n) is 4.35. The lowest BCUT2D eigenvalue weighted by atomic mass is 10.1. The zero-order valence-electron chi connectivity index (χ0n) is 11.2. The molecule has 1 atom stereocenters. The molecular formula is C12H14FN3O4. The van der Waals surface area contributed by atoms with Crippen LogP contribution in [0.1, 0.15) is 17.3 Å². The van der Waals surface area contributed by atoms with Crippen LogP contribution < -0.4 is 5.32 Å². The molecule has 0 fully saturated rings. The fourth-order valence-corrected chi connectivity index (χ4v) is 1.52. The van der Waals surface area contributed by atoms with E-state index in [9.17, 15) is 24.1 Å². The van der Waals surface area contributed by atoms with Crippen LogP contribution >= 0.6 is 0 Å². The van der Waals surface area contributed by atoms with Crippen molar-refractivity contribution in [2.24, 2.45) is 0 Å². The van der Waals surface area contributed by atoms with Crippen molar-refractivity contribution >= 4 is 17.5 Å². The van der Waals surface area contributed by atoms with Crippen molar-refractivity contribution in [2.45, 2.75) is 13.0 Å².